The average molecular weight is 335 g/mol. The number of carboxylic acid groups (broad SMARTS) is 1. The second-order valence-electron chi connectivity index (χ2n) is 3.91. The smallest absolute Gasteiger partial charge is 0.337 e. The number of rotatable bonds is 4. The van der Waals surface area contributed by atoms with Gasteiger partial charge in [-0.25, -0.2) is 17.6 Å². The Morgan fingerprint density at radius 3 is 2.65 bits per heavy atom. The van der Waals surface area contributed by atoms with Gasteiger partial charge in [-0.15, -0.1) is 11.3 Å². The van der Waals surface area contributed by atoms with E-state index in [1.54, 1.807) is 17.5 Å². The number of thiophene rings is 1. The predicted molar refractivity (Wildman–Crippen MR) is 73.6 cm³/mol. The fourth-order valence-electron chi connectivity index (χ4n) is 1.56. The van der Waals surface area contributed by atoms with Crippen LogP contribution in [0.15, 0.2) is 34.5 Å². The number of sulfone groups is 1. The summed E-state index contributed by atoms with van der Waals surface area (Å²) in [4.78, 5) is 11.1. The molecule has 0 fully saturated rings. The van der Waals surface area contributed by atoms with Crippen molar-refractivity contribution >= 4 is 38.7 Å². The lowest BCUT2D eigenvalue weighted by molar-refractivity contribution is 0.0696. The van der Waals surface area contributed by atoms with E-state index in [1.807, 2.05) is 0 Å². The third kappa shape index (κ3) is 3.00. The normalized spacial score (nSPS) is 11.5. The minimum atomic E-state index is -3.83. The summed E-state index contributed by atoms with van der Waals surface area (Å²) >= 11 is 6.75. The summed E-state index contributed by atoms with van der Waals surface area (Å²) in [6.45, 7) is 0. The highest BCUT2D eigenvalue weighted by Gasteiger charge is 2.22. The third-order valence-corrected chi connectivity index (χ3v) is 5.59. The zero-order chi connectivity index (χ0) is 14.9. The third-order valence-electron chi connectivity index (χ3n) is 2.50. The monoisotopic (exact) mass is 334 g/mol. The molecule has 2 aromatic rings. The van der Waals surface area contributed by atoms with Crippen molar-refractivity contribution in [3.05, 3.63) is 50.9 Å². The van der Waals surface area contributed by atoms with Gasteiger partial charge in [-0.2, -0.15) is 0 Å². The van der Waals surface area contributed by atoms with Crippen LogP contribution in [0.1, 0.15) is 15.2 Å². The Kier molecular flexibility index (Phi) is 4.12. The average Bonchev–Trinajstić information content (AvgIpc) is 2.83. The van der Waals surface area contributed by atoms with Gasteiger partial charge in [0.15, 0.2) is 9.84 Å². The second-order valence-corrected chi connectivity index (χ2v) is 7.31. The van der Waals surface area contributed by atoms with Crippen molar-refractivity contribution in [3.63, 3.8) is 0 Å². The van der Waals surface area contributed by atoms with Crippen molar-refractivity contribution in [1.82, 2.24) is 0 Å². The summed E-state index contributed by atoms with van der Waals surface area (Å²) in [5, 5.41) is 10.0. The molecule has 0 atom stereocenters. The van der Waals surface area contributed by atoms with Crippen molar-refractivity contribution in [2.24, 2.45) is 0 Å². The van der Waals surface area contributed by atoms with Crippen LogP contribution in [-0.4, -0.2) is 19.5 Å². The molecule has 106 valence electrons. The van der Waals surface area contributed by atoms with Gasteiger partial charge in [-0.1, -0.05) is 17.7 Å². The van der Waals surface area contributed by atoms with E-state index < -0.39 is 37.1 Å². The Balaban J connectivity index is 2.49. The van der Waals surface area contributed by atoms with Gasteiger partial charge >= 0.3 is 5.97 Å². The van der Waals surface area contributed by atoms with E-state index in [-0.39, 0.29) is 5.75 Å². The molecular formula is C12H8ClFO4S2. The van der Waals surface area contributed by atoms with Crippen molar-refractivity contribution in [2.45, 2.75) is 10.6 Å². The predicted octanol–water partition coefficient (Wildman–Crippen LogP) is 3.21. The van der Waals surface area contributed by atoms with Crippen LogP contribution in [-0.2, 0) is 15.6 Å². The maximum absolute atomic E-state index is 13.6. The fourth-order valence-corrected chi connectivity index (χ4v) is 4.20. The summed E-state index contributed by atoms with van der Waals surface area (Å²) in [5.74, 6) is -2.87. The molecular weight excluding hydrogens is 327 g/mol. The Morgan fingerprint density at radius 2 is 2.10 bits per heavy atom. The molecule has 0 radical (unpaired) electrons. The highest BCUT2D eigenvalue weighted by Crippen LogP contribution is 2.27. The molecule has 0 aliphatic rings. The molecule has 1 aromatic heterocycles. The van der Waals surface area contributed by atoms with E-state index in [0.717, 1.165) is 12.1 Å². The first-order valence-corrected chi connectivity index (χ1v) is 8.20. The van der Waals surface area contributed by atoms with E-state index in [0.29, 0.717) is 4.88 Å². The van der Waals surface area contributed by atoms with Crippen molar-refractivity contribution in [2.75, 3.05) is 0 Å². The van der Waals surface area contributed by atoms with Gasteiger partial charge in [0.05, 0.1) is 21.2 Å². The lowest BCUT2D eigenvalue weighted by Crippen LogP contribution is -2.08. The fraction of sp³-hybridized carbons (Fsp3) is 0.0833. The Labute approximate surface area is 123 Å². The van der Waals surface area contributed by atoms with Crippen LogP contribution in [0.25, 0.3) is 0 Å². The highest BCUT2D eigenvalue weighted by molar-refractivity contribution is 7.90. The van der Waals surface area contributed by atoms with Crippen LogP contribution in [0.4, 0.5) is 4.39 Å². The molecule has 1 heterocycles. The number of carboxylic acids is 1. The van der Waals surface area contributed by atoms with Crippen molar-refractivity contribution in [3.8, 4) is 0 Å². The van der Waals surface area contributed by atoms with E-state index >= 15 is 0 Å². The molecule has 2 rings (SSSR count). The Morgan fingerprint density at radius 1 is 1.40 bits per heavy atom. The molecule has 0 aliphatic carbocycles. The number of carbonyl (C=O) groups is 1. The van der Waals surface area contributed by atoms with E-state index in [1.165, 1.54) is 11.3 Å². The maximum atomic E-state index is 13.6. The largest absolute Gasteiger partial charge is 0.478 e. The van der Waals surface area contributed by atoms with Crippen LogP contribution >= 0.6 is 22.9 Å². The minimum Gasteiger partial charge on any atom is -0.478 e. The first kappa shape index (κ1) is 15.0. The Hall–Kier alpha value is -1.44. The van der Waals surface area contributed by atoms with Crippen LogP contribution in [0.3, 0.4) is 0 Å². The number of halogens is 2. The first-order chi connectivity index (χ1) is 9.31. The van der Waals surface area contributed by atoms with Gasteiger partial charge in [0.25, 0.3) is 0 Å². The highest BCUT2D eigenvalue weighted by atomic mass is 35.5. The maximum Gasteiger partial charge on any atom is 0.337 e. The molecule has 0 saturated carbocycles. The van der Waals surface area contributed by atoms with Crippen LogP contribution < -0.4 is 0 Å². The SMILES string of the molecule is O=C(O)c1cc(S(=O)(=O)Cc2cccs2)cc(F)c1Cl. The van der Waals surface area contributed by atoms with Gasteiger partial charge in [-0.05, 0) is 23.6 Å². The molecule has 0 bridgehead atoms. The van der Waals surface area contributed by atoms with Gasteiger partial charge in [-0.3, -0.25) is 0 Å². The molecule has 0 unspecified atom stereocenters. The van der Waals surface area contributed by atoms with Gasteiger partial charge < -0.3 is 5.11 Å². The minimum absolute atomic E-state index is 0.315. The standard InChI is InChI=1S/C12H8ClFO4S2/c13-11-9(12(15)16)4-8(5-10(11)14)20(17,18)6-7-2-1-3-19-7/h1-5H,6H2,(H,15,16). The zero-order valence-electron chi connectivity index (χ0n) is 9.84. The zero-order valence-corrected chi connectivity index (χ0v) is 12.2. The van der Waals surface area contributed by atoms with Crippen LogP contribution in [0.2, 0.25) is 5.02 Å². The van der Waals surface area contributed by atoms with Gasteiger partial charge in [0, 0.05) is 4.88 Å². The molecule has 0 amide bonds. The van der Waals surface area contributed by atoms with Gasteiger partial charge in [0.1, 0.15) is 5.82 Å². The molecule has 20 heavy (non-hydrogen) atoms. The van der Waals surface area contributed by atoms with Crippen LogP contribution in [0, 0.1) is 5.82 Å². The van der Waals surface area contributed by atoms with Crippen molar-refractivity contribution in [1.29, 1.82) is 0 Å². The summed E-state index contributed by atoms with van der Waals surface area (Å²) in [6.07, 6.45) is 0. The summed E-state index contributed by atoms with van der Waals surface area (Å²) in [6, 6.07) is 4.93. The first-order valence-electron chi connectivity index (χ1n) is 5.29. The molecule has 1 N–H and O–H groups in total. The number of hydrogen-bond acceptors (Lipinski definition) is 4. The Bertz CT molecular complexity index is 754. The lowest BCUT2D eigenvalue weighted by atomic mass is 10.2. The number of hydrogen-bond donors (Lipinski definition) is 1. The lowest BCUT2D eigenvalue weighted by Gasteiger charge is -2.07. The summed E-state index contributed by atoms with van der Waals surface area (Å²) in [7, 11) is -3.83. The van der Waals surface area contributed by atoms with E-state index in [2.05, 4.69) is 0 Å². The summed E-state index contributed by atoms with van der Waals surface area (Å²) < 4.78 is 37.8. The molecule has 0 spiro atoms. The summed E-state index contributed by atoms with van der Waals surface area (Å²) in [5.41, 5.74) is -0.573. The second kappa shape index (κ2) is 5.51. The number of aromatic carboxylic acids is 1. The number of benzene rings is 1. The molecule has 0 saturated heterocycles. The topological polar surface area (TPSA) is 71.4 Å². The molecule has 4 nitrogen and oxygen atoms in total. The van der Waals surface area contributed by atoms with E-state index in [9.17, 15) is 17.6 Å². The van der Waals surface area contributed by atoms with Gasteiger partial charge in [0.2, 0.25) is 0 Å². The van der Waals surface area contributed by atoms with Crippen molar-refractivity contribution < 1.29 is 22.7 Å². The van der Waals surface area contributed by atoms with E-state index in [4.69, 9.17) is 16.7 Å². The quantitative estimate of drug-likeness (QED) is 0.932. The van der Waals surface area contributed by atoms with Crippen LogP contribution in [0.5, 0.6) is 0 Å². The molecule has 0 aliphatic heterocycles. The molecule has 1 aromatic carbocycles. The molecule has 8 heteroatoms.